The van der Waals surface area contributed by atoms with Crippen LogP contribution < -0.4 is 15.4 Å². The van der Waals surface area contributed by atoms with Crippen molar-refractivity contribution in [2.45, 2.75) is 38.6 Å². The molecule has 3 heteroatoms. The Hall–Kier alpha value is -1.06. The monoisotopic (exact) mass is 262 g/mol. The molecule has 0 saturated heterocycles. The first kappa shape index (κ1) is 14.4. The van der Waals surface area contributed by atoms with Crippen molar-refractivity contribution in [1.82, 2.24) is 10.6 Å². The standard InChI is InChI=1S/C16H26N2O/c1-3-9-17-10-11-18-16-6-4-5-13-7-8-14(19-2)12-15(13)16/h7-8,12,16-18H,3-6,9-11H2,1-2H3. The molecule has 1 unspecified atom stereocenters. The summed E-state index contributed by atoms with van der Waals surface area (Å²) in [5.74, 6) is 0.969. The summed E-state index contributed by atoms with van der Waals surface area (Å²) < 4.78 is 5.35. The molecule has 1 aliphatic carbocycles. The van der Waals surface area contributed by atoms with Gasteiger partial charge in [0.15, 0.2) is 0 Å². The van der Waals surface area contributed by atoms with Gasteiger partial charge in [-0.2, -0.15) is 0 Å². The second-order valence-electron chi connectivity index (χ2n) is 5.21. The minimum absolute atomic E-state index is 0.488. The van der Waals surface area contributed by atoms with Crippen LogP contribution in [-0.2, 0) is 6.42 Å². The molecule has 1 atom stereocenters. The van der Waals surface area contributed by atoms with Gasteiger partial charge in [0.05, 0.1) is 7.11 Å². The van der Waals surface area contributed by atoms with E-state index in [2.05, 4.69) is 35.8 Å². The Morgan fingerprint density at radius 3 is 2.95 bits per heavy atom. The Balaban J connectivity index is 1.92. The van der Waals surface area contributed by atoms with E-state index >= 15 is 0 Å². The van der Waals surface area contributed by atoms with Crippen LogP contribution in [0.5, 0.6) is 5.75 Å². The quantitative estimate of drug-likeness (QED) is 0.741. The second kappa shape index (κ2) is 7.51. The second-order valence-corrected chi connectivity index (χ2v) is 5.21. The van der Waals surface area contributed by atoms with Crippen molar-refractivity contribution in [2.75, 3.05) is 26.7 Å². The normalized spacial score (nSPS) is 18.1. The summed E-state index contributed by atoms with van der Waals surface area (Å²) in [4.78, 5) is 0. The van der Waals surface area contributed by atoms with E-state index in [4.69, 9.17) is 4.74 Å². The number of benzene rings is 1. The van der Waals surface area contributed by atoms with Gasteiger partial charge in [-0.25, -0.2) is 0 Å². The van der Waals surface area contributed by atoms with Gasteiger partial charge in [-0.3, -0.25) is 0 Å². The lowest BCUT2D eigenvalue weighted by Gasteiger charge is -2.27. The molecule has 1 aromatic rings. The highest BCUT2D eigenvalue weighted by molar-refractivity contribution is 5.39. The van der Waals surface area contributed by atoms with Gasteiger partial charge in [-0.15, -0.1) is 0 Å². The van der Waals surface area contributed by atoms with Crippen LogP contribution in [0.1, 0.15) is 43.4 Å². The summed E-state index contributed by atoms with van der Waals surface area (Å²) in [6.07, 6.45) is 4.91. The number of hydrogen-bond donors (Lipinski definition) is 2. The van der Waals surface area contributed by atoms with Gasteiger partial charge in [0.2, 0.25) is 0 Å². The smallest absolute Gasteiger partial charge is 0.119 e. The molecule has 1 aromatic carbocycles. The Kier molecular flexibility index (Phi) is 5.67. The largest absolute Gasteiger partial charge is 0.497 e. The van der Waals surface area contributed by atoms with Crippen LogP contribution in [0, 0.1) is 0 Å². The Morgan fingerprint density at radius 1 is 1.26 bits per heavy atom. The minimum Gasteiger partial charge on any atom is -0.497 e. The van der Waals surface area contributed by atoms with Crippen LogP contribution in [0.15, 0.2) is 18.2 Å². The highest BCUT2D eigenvalue weighted by atomic mass is 16.5. The predicted octanol–water partition coefficient (Wildman–Crippen LogP) is 2.66. The fraction of sp³-hybridized carbons (Fsp3) is 0.625. The van der Waals surface area contributed by atoms with Crippen molar-refractivity contribution >= 4 is 0 Å². The average molecular weight is 262 g/mol. The Morgan fingerprint density at radius 2 is 2.16 bits per heavy atom. The van der Waals surface area contributed by atoms with Crippen molar-refractivity contribution in [3.8, 4) is 5.75 Å². The van der Waals surface area contributed by atoms with Crippen LogP contribution in [0.2, 0.25) is 0 Å². The third-order valence-corrected chi connectivity index (χ3v) is 3.79. The lowest BCUT2D eigenvalue weighted by atomic mass is 9.87. The zero-order valence-electron chi connectivity index (χ0n) is 12.2. The van der Waals surface area contributed by atoms with E-state index in [-0.39, 0.29) is 0 Å². The van der Waals surface area contributed by atoms with Gasteiger partial charge in [0, 0.05) is 19.1 Å². The van der Waals surface area contributed by atoms with Crippen LogP contribution >= 0.6 is 0 Å². The van der Waals surface area contributed by atoms with Crippen molar-refractivity contribution in [3.63, 3.8) is 0 Å². The molecule has 0 fully saturated rings. The first-order chi connectivity index (χ1) is 9.35. The number of aryl methyl sites for hydroxylation is 1. The van der Waals surface area contributed by atoms with Gasteiger partial charge in [0.25, 0.3) is 0 Å². The predicted molar refractivity (Wildman–Crippen MR) is 79.8 cm³/mol. The lowest BCUT2D eigenvalue weighted by molar-refractivity contribution is 0.408. The molecular formula is C16H26N2O. The number of nitrogens with one attached hydrogen (secondary N) is 2. The van der Waals surface area contributed by atoms with Gasteiger partial charge in [-0.05, 0) is 55.5 Å². The maximum atomic E-state index is 5.35. The summed E-state index contributed by atoms with van der Waals surface area (Å²) >= 11 is 0. The molecule has 2 N–H and O–H groups in total. The topological polar surface area (TPSA) is 33.3 Å². The van der Waals surface area contributed by atoms with Gasteiger partial charge < -0.3 is 15.4 Å². The summed E-state index contributed by atoms with van der Waals surface area (Å²) in [6, 6.07) is 6.98. The van der Waals surface area contributed by atoms with E-state index in [0.29, 0.717) is 6.04 Å². The van der Waals surface area contributed by atoms with Crippen LogP contribution in [0.3, 0.4) is 0 Å². The SMILES string of the molecule is CCCNCCNC1CCCc2ccc(OC)cc21. The fourth-order valence-electron chi connectivity index (χ4n) is 2.75. The summed E-state index contributed by atoms with van der Waals surface area (Å²) in [7, 11) is 1.74. The van der Waals surface area contributed by atoms with Crippen molar-refractivity contribution in [2.24, 2.45) is 0 Å². The average Bonchev–Trinajstić information content (AvgIpc) is 2.46. The molecule has 0 spiro atoms. The third-order valence-electron chi connectivity index (χ3n) is 3.79. The van der Waals surface area contributed by atoms with E-state index in [1.807, 2.05) is 0 Å². The molecule has 19 heavy (non-hydrogen) atoms. The Labute approximate surface area is 116 Å². The van der Waals surface area contributed by atoms with E-state index in [1.165, 1.54) is 36.8 Å². The maximum Gasteiger partial charge on any atom is 0.119 e. The summed E-state index contributed by atoms with van der Waals surface area (Å²) in [5.41, 5.74) is 2.91. The van der Waals surface area contributed by atoms with Crippen molar-refractivity contribution in [3.05, 3.63) is 29.3 Å². The molecule has 2 rings (SSSR count). The number of rotatable bonds is 7. The van der Waals surface area contributed by atoms with E-state index in [9.17, 15) is 0 Å². The van der Waals surface area contributed by atoms with E-state index in [1.54, 1.807) is 7.11 Å². The van der Waals surface area contributed by atoms with Gasteiger partial charge >= 0.3 is 0 Å². The molecular weight excluding hydrogens is 236 g/mol. The van der Waals surface area contributed by atoms with Gasteiger partial charge in [-0.1, -0.05) is 13.0 Å². The van der Waals surface area contributed by atoms with E-state index < -0.39 is 0 Å². The Bertz CT molecular complexity index is 392. The molecule has 0 saturated carbocycles. The minimum atomic E-state index is 0.488. The zero-order valence-corrected chi connectivity index (χ0v) is 12.2. The fourth-order valence-corrected chi connectivity index (χ4v) is 2.75. The zero-order chi connectivity index (χ0) is 13.5. The summed E-state index contributed by atoms with van der Waals surface area (Å²) in [6.45, 7) is 5.38. The molecule has 0 aliphatic heterocycles. The highest BCUT2D eigenvalue weighted by Crippen LogP contribution is 2.32. The first-order valence-corrected chi connectivity index (χ1v) is 7.46. The third kappa shape index (κ3) is 3.95. The molecule has 106 valence electrons. The lowest BCUT2D eigenvalue weighted by Crippen LogP contribution is -2.32. The first-order valence-electron chi connectivity index (χ1n) is 7.46. The molecule has 0 radical (unpaired) electrons. The molecule has 3 nitrogen and oxygen atoms in total. The molecule has 0 heterocycles. The number of fused-ring (bicyclic) bond motifs is 1. The number of ether oxygens (including phenoxy) is 1. The van der Waals surface area contributed by atoms with Crippen molar-refractivity contribution in [1.29, 1.82) is 0 Å². The highest BCUT2D eigenvalue weighted by Gasteiger charge is 2.19. The van der Waals surface area contributed by atoms with Crippen molar-refractivity contribution < 1.29 is 4.74 Å². The molecule has 0 amide bonds. The summed E-state index contributed by atoms with van der Waals surface area (Å²) in [5, 5.41) is 7.10. The van der Waals surface area contributed by atoms with E-state index in [0.717, 1.165) is 25.4 Å². The number of hydrogen-bond acceptors (Lipinski definition) is 3. The van der Waals surface area contributed by atoms with Crippen LogP contribution in [-0.4, -0.2) is 26.7 Å². The van der Waals surface area contributed by atoms with Crippen LogP contribution in [0.4, 0.5) is 0 Å². The number of methoxy groups -OCH3 is 1. The molecule has 1 aliphatic rings. The molecule has 0 aromatic heterocycles. The molecule has 0 bridgehead atoms. The maximum absolute atomic E-state index is 5.35. The van der Waals surface area contributed by atoms with Crippen LogP contribution in [0.25, 0.3) is 0 Å². The van der Waals surface area contributed by atoms with Gasteiger partial charge in [0.1, 0.15) is 5.75 Å².